The SMILES string of the molecule is COc1ccc(C#N)cc1CN(C)c1ccc(C#N)cc1. The number of hydrogen-bond donors (Lipinski definition) is 0. The van der Waals surface area contributed by atoms with Crippen LogP contribution in [0.15, 0.2) is 42.5 Å². The van der Waals surface area contributed by atoms with Crippen LogP contribution >= 0.6 is 0 Å². The molecule has 0 amide bonds. The van der Waals surface area contributed by atoms with E-state index < -0.39 is 0 Å². The van der Waals surface area contributed by atoms with Gasteiger partial charge < -0.3 is 9.64 Å². The van der Waals surface area contributed by atoms with Crippen molar-refractivity contribution < 1.29 is 4.74 Å². The first-order valence-corrected chi connectivity index (χ1v) is 6.46. The lowest BCUT2D eigenvalue weighted by molar-refractivity contribution is 0.409. The maximum atomic E-state index is 9.00. The molecule has 0 aliphatic carbocycles. The molecule has 0 fully saturated rings. The van der Waals surface area contributed by atoms with Crippen molar-refractivity contribution in [3.63, 3.8) is 0 Å². The minimum atomic E-state index is 0.610. The molecule has 0 atom stereocenters. The van der Waals surface area contributed by atoms with E-state index in [0.717, 1.165) is 17.0 Å². The van der Waals surface area contributed by atoms with Crippen LogP contribution in [0, 0.1) is 22.7 Å². The average Bonchev–Trinajstić information content (AvgIpc) is 2.54. The molecule has 104 valence electrons. The van der Waals surface area contributed by atoms with Crippen LogP contribution in [-0.2, 0) is 6.54 Å². The first-order chi connectivity index (χ1) is 10.2. The number of ether oxygens (including phenoxy) is 1. The molecule has 0 bridgehead atoms. The Morgan fingerprint density at radius 1 is 1.00 bits per heavy atom. The smallest absolute Gasteiger partial charge is 0.123 e. The van der Waals surface area contributed by atoms with Crippen LogP contribution in [-0.4, -0.2) is 14.2 Å². The number of nitrogens with zero attached hydrogens (tertiary/aromatic N) is 3. The molecule has 0 saturated carbocycles. The Labute approximate surface area is 124 Å². The van der Waals surface area contributed by atoms with E-state index in [-0.39, 0.29) is 0 Å². The molecule has 0 radical (unpaired) electrons. The molecule has 0 saturated heterocycles. The normalized spacial score (nSPS) is 9.52. The highest BCUT2D eigenvalue weighted by atomic mass is 16.5. The molecule has 0 spiro atoms. The van der Waals surface area contributed by atoms with Gasteiger partial charge in [0.2, 0.25) is 0 Å². The van der Waals surface area contributed by atoms with Crippen molar-refractivity contribution in [2.45, 2.75) is 6.54 Å². The molecule has 0 aliphatic rings. The van der Waals surface area contributed by atoms with Crippen molar-refractivity contribution in [2.24, 2.45) is 0 Å². The summed E-state index contributed by atoms with van der Waals surface area (Å²) in [6, 6.07) is 17.0. The largest absolute Gasteiger partial charge is 0.496 e. The number of methoxy groups -OCH3 is 1. The van der Waals surface area contributed by atoms with E-state index in [1.54, 1.807) is 31.4 Å². The van der Waals surface area contributed by atoms with Crippen LogP contribution in [0.1, 0.15) is 16.7 Å². The highest BCUT2D eigenvalue weighted by molar-refractivity contribution is 5.51. The van der Waals surface area contributed by atoms with Crippen LogP contribution in [0.4, 0.5) is 5.69 Å². The van der Waals surface area contributed by atoms with Crippen LogP contribution in [0.3, 0.4) is 0 Å². The molecule has 0 heterocycles. The van der Waals surface area contributed by atoms with Crippen molar-refractivity contribution in [3.8, 4) is 17.9 Å². The summed E-state index contributed by atoms with van der Waals surface area (Å²) in [5.41, 5.74) is 3.19. The third-order valence-electron chi connectivity index (χ3n) is 3.25. The molecule has 0 unspecified atom stereocenters. The van der Waals surface area contributed by atoms with Gasteiger partial charge in [-0.3, -0.25) is 0 Å². The van der Waals surface area contributed by atoms with E-state index in [2.05, 4.69) is 12.1 Å². The minimum absolute atomic E-state index is 0.610. The van der Waals surface area contributed by atoms with Gasteiger partial charge in [0.25, 0.3) is 0 Å². The first kappa shape index (κ1) is 14.4. The standard InChI is InChI=1S/C17H15N3O/c1-20(16-6-3-13(10-18)4-7-16)12-15-9-14(11-19)5-8-17(15)21-2/h3-9H,12H2,1-2H3. The number of benzene rings is 2. The molecule has 0 aliphatic heterocycles. The summed E-state index contributed by atoms with van der Waals surface area (Å²) in [4.78, 5) is 2.04. The average molecular weight is 277 g/mol. The zero-order chi connectivity index (χ0) is 15.2. The molecule has 4 nitrogen and oxygen atoms in total. The van der Waals surface area contributed by atoms with E-state index in [9.17, 15) is 0 Å². The molecule has 2 rings (SSSR count). The predicted octanol–water partition coefficient (Wildman–Crippen LogP) is 3.07. The Bertz CT molecular complexity index is 708. The van der Waals surface area contributed by atoms with Gasteiger partial charge in [0.05, 0.1) is 30.4 Å². The van der Waals surface area contributed by atoms with Gasteiger partial charge in [0, 0.05) is 24.8 Å². The third-order valence-corrected chi connectivity index (χ3v) is 3.25. The van der Waals surface area contributed by atoms with Crippen LogP contribution < -0.4 is 9.64 Å². The monoisotopic (exact) mass is 277 g/mol. The van der Waals surface area contributed by atoms with Crippen molar-refractivity contribution in [1.82, 2.24) is 0 Å². The van der Waals surface area contributed by atoms with Gasteiger partial charge in [-0.2, -0.15) is 10.5 Å². The summed E-state index contributed by atoms with van der Waals surface area (Å²) in [5.74, 6) is 0.759. The third kappa shape index (κ3) is 3.32. The van der Waals surface area contributed by atoms with Gasteiger partial charge in [0.15, 0.2) is 0 Å². The Hall–Kier alpha value is -2.98. The van der Waals surface area contributed by atoms with E-state index in [1.165, 1.54) is 0 Å². The number of hydrogen-bond acceptors (Lipinski definition) is 4. The Morgan fingerprint density at radius 3 is 2.19 bits per heavy atom. The summed E-state index contributed by atoms with van der Waals surface area (Å²) >= 11 is 0. The second kappa shape index (κ2) is 6.45. The quantitative estimate of drug-likeness (QED) is 0.861. The summed E-state index contributed by atoms with van der Waals surface area (Å²) in [6.07, 6.45) is 0. The van der Waals surface area contributed by atoms with Crippen molar-refractivity contribution in [3.05, 3.63) is 59.2 Å². The van der Waals surface area contributed by atoms with Gasteiger partial charge >= 0.3 is 0 Å². The number of rotatable bonds is 4. The molecular weight excluding hydrogens is 262 g/mol. The lowest BCUT2D eigenvalue weighted by Gasteiger charge is -2.21. The highest BCUT2D eigenvalue weighted by Gasteiger charge is 2.08. The van der Waals surface area contributed by atoms with Crippen molar-refractivity contribution in [2.75, 3.05) is 19.1 Å². The number of anilines is 1. The fourth-order valence-corrected chi connectivity index (χ4v) is 2.11. The maximum absolute atomic E-state index is 9.00. The topological polar surface area (TPSA) is 60.0 Å². The summed E-state index contributed by atoms with van der Waals surface area (Å²) < 4.78 is 5.34. The van der Waals surface area contributed by atoms with Crippen molar-refractivity contribution in [1.29, 1.82) is 10.5 Å². The van der Waals surface area contributed by atoms with Crippen LogP contribution in [0.5, 0.6) is 5.75 Å². The van der Waals surface area contributed by atoms with Gasteiger partial charge in [-0.25, -0.2) is 0 Å². The molecule has 0 aromatic heterocycles. The van der Waals surface area contributed by atoms with Crippen molar-refractivity contribution >= 4 is 5.69 Å². The fraction of sp³-hybridized carbons (Fsp3) is 0.176. The summed E-state index contributed by atoms with van der Waals surface area (Å²) in [5, 5.41) is 17.8. The molecule has 2 aromatic rings. The molecule has 0 N–H and O–H groups in total. The van der Waals surface area contributed by atoms with Gasteiger partial charge in [-0.1, -0.05) is 0 Å². The molecular formula is C17H15N3O. The maximum Gasteiger partial charge on any atom is 0.123 e. The molecule has 4 heteroatoms. The summed E-state index contributed by atoms with van der Waals surface area (Å²) in [6.45, 7) is 0.616. The van der Waals surface area contributed by atoms with Gasteiger partial charge in [-0.05, 0) is 42.5 Å². The molecule has 21 heavy (non-hydrogen) atoms. The van der Waals surface area contributed by atoms with E-state index >= 15 is 0 Å². The first-order valence-electron chi connectivity index (χ1n) is 6.46. The van der Waals surface area contributed by atoms with Crippen LogP contribution in [0.25, 0.3) is 0 Å². The Kier molecular flexibility index (Phi) is 4.43. The lowest BCUT2D eigenvalue weighted by Crippen LogP contribution is -2.17. The molecule has 2 aromatic carbocycles. The Balaban J connectivity index is 2.24. The zero-order valence-electron chi connectivity index (χ0n) is 12.0. The van der Waals surface area contributed by atoms with E-state index in [0.29, 0.717) is 17.7 Å². The number of nitriles is 2. The highest BCUT2D eigenvalue weighted by Crippen LogP contribution is 2.23. The second-order valence-electron chi connectivity index (χ2n) is 4.65. The van der Waals surface area contributed by atoms with Gasteiger partial charge in [0.1, 0.15) is 5.75 Å². The van der Waals surface area contributed by atoms with Gasteiger partial charge in [-0.15, -0.1) is 0 Å². The lowest BCUT2D eigenvalue weighted by atomic mass is 10.1. The second-order valence-corrected chi connectivity index (χ2v) is 4.65. The zero-order valence-corrected chi connectivity index (χ0v) is 12.0. The van der Waals surface area contributed by atoms with E-state index in [4.69, 9.17) is 15.3 Å². The van der Waals surface area contributed by atoms with Crippen LogP contribution in [0.2, 0.25) is 0 Å². The predicted molar refractivity (Wildman–Crippen MR) is 81.0 cm³/mol. The summed E-state index contributed by atoms with van der Waals surface area (Å²) in [7, 11) is 3.58. The Morgan fingerprint density at radius 2 is 1.62 bits per heavy atom. The minimum Gasteiger partial charge on any atom is -0.496 e. The fourth-order valence-electron chi connectivity index (χ4n) is 2.11. The van der Waals surface area contributed by atoms with E-state index in [1.807, 2.05) is 30.1 Å².